The van der Waals surface area contributed by atoms with Crippen molar-refractivity contribution in [2.45, 2.75) is 6.92 Å². The van der Waals surface area contributed by atoms with Crippen molar-refractivity contribution in [1.29, 1.82) is 0 Å². The predicted molar refractivity (Wildman–Crippen MR) is 41.3 cm³/mol. The van der Waals surface area contributed by atoms with E-state index in [0.717, 1.165) is 0 Å². The third-order valence-corrected chi connectivity index (χ3v) is 2.93. The van der Waals surface area contributed by atoms with E-state index in [0.29, 0.717) is 6.16 Å². The monoisotopic (exact) mass is 164 g/mol. The molecule has 0 bridgehead atoms. The smallest absolute Gasteiger partial charge is 0.312 e. The number of hydrogen-bond donors (Lipinski definition) is 0. The van der Waals surface area contributed by atoms with Crippen LogP contribution in [0, 0.1) is 0 Å². The first-order chi connectivity index (χ1) is 4.68. The van der Waals surface area contributed by atoms with Gasteiger partial charge in [-0.1, -0.05) is 13.0 Å². The number of hydrogen-bond acceptors (Lipinski definition) is 3. The van der Waals surface area contributed by atoms with Gasteiger partial charge >= 0.3 is 7.60 Å². The fraction of sp³-hybridized carbons (Fsp3) is 0.667. The van der Waals surface area contributed by atoms with E-state index >= 15 is 0 Å². The molecule has 0 amide bonds. The molecule has 0 aliphatic rings. The summed E-state index contributed by atoms with van der Waals surface area (Å²) in [5, 5.41) is 0. The topological polar surface area (TPSA) is 35.5 Å². The van der Waals surface area contributed by atoms with E-state index in [1.54, 1.807) is 13.0 Å². The van der Waals surface area contributed by atoms with Crippen LogP contribution in [0.1, 0.15) is 6.92 Å². The molecule has 0 aromatic rings. The minimum atomic E-state index is -2.77. The van der Waals surface area contributed by atoms with Gasteiger partial charge in [0.1, 0.15) is 0 Å². The summed E-state index contributed by atoms with van der Waals surface area (Å²) in [5.74, 6) is 0. The molecule has 60 valence electrons. The predicted octanol–water partition coefficient (Wildman–Crippen LogP) is 2.05. The third-order valence-electron chi connectivity index (χ3n) is 1.05. The molecule has 0 aliphatic heterocycles. The van der Waals surface area contributed by atoms with Crippen LogP contribution in [0.15, 0.2) is 12.7 Å². The van der Waals surface area contributed by atoms with Crippen LogP contribution < -0.4 is 0 Å². The van der Waals surface area contributed by atoms with Crippen molar-refractivity contribution >= 4 is 7.60 Å². The van der Waals surface area contributed by atoms with Crippen LogP contribution in [0.2, 0.25) is 0 Å². The molecule has 0 rings (SSSR count). The molecule has 0 saturated carbocycles. The van der Waals surface area contributed by atoms with Crippen molar-refractivity contribution in [3.8, 4) is 0 Å². The van der Waals surface area contributed by atoms with Crippen LogP contribution >= 0.6 is 7.60 Å². The lowest BCUT2D eigenvalue weighted by atomic mass is 10.7. The van der Waals surface area contributed by atoms with Gasteiger partial charge in [-0.15, -0.1) is 6.58 Å². The Morgan fingerprint density at radius 2 is 2.30 bits per heavy atom. The average Bonchev–Trinajstić information content (AvgIpc) is 2.00. The molecule has 0 spiro atoms. The molecule has 0 radical (unpaired) electrons. The molecule has 0 fully saturated rings. The molecule has 1 atom stereocenters. The Labute approximate surface area is 61.6 Å². The SMILES string of the molecule is C=CCOP(=O)(CC)OC. The van der Waals surface area contributed by atoms with Gasteiger partial charge in [0.15, 0.2) is 0 Å². The van der Waals surface area contributed by atoms with Gasteiger partial charge < -0.3 is 9.05 Å². The summed E-state index contributed by atoms with van der Waals surface area (Å²) in [5.41, 5.74) is 0. The first-order valence-electron chi connectivity index (χ1n) is 3.08. The zero-order chi connectivity index (χ0) is 8.04. The Morgan fingerprint density at radius 1 is 1.70 bits per heavy atom. The van der Waals surface area contributed by atoms with Gasteiger partial charge in [-0.3, -0.25) is 4.57 Å². The summed E-state index contributed by atoms with van der Waals surface area (Å²) in [6.45, 7) is 5.46. The standard InChI is InChI=1S/C6H13O3P/c1-4-6-9-10(7,5-2)8-3/h4H,1,5-6H2,2-3H3. The van der Waals surface area contributed by atoms with E-state index in [1.165, 1.54) is 7.11 Å². The highest BCUT2D eigenvalue weighted by molar-refractivity contribution is 7.53. The quantitative estimate of drug-likeness (QED) is 0.460. The summed E-state index contributed by atoms with van der Waals surface area (Å²) >= 11 is 0. The lowest BCUT2D eigenvalue weighted by Gasteiger charge is -2.11. The summed E-state index contributed by atoms with van der Waals surface area (Å²) < 4.78 is 20.8. The Kier molecular flexibility index (Phi) is 4.62. The van der Waals surface area contributed by atoms with Crippen molar-refractivity contribution in [3.05, 3.63) is 12.7 Å². The third kappa shape index (κ3) is 3.16. The molecule has 1 unspecified atom stereocenters. The van der Waals surface area contributed by atoms with Crippen LogP contribution in [-0.4, -0.2) is 19.9 Å². The minimum absolute atomic E-state index is 0.277. The van der Waals surface area contributed by atoms with Crippen molar-refractivity contribution in [2.75, 3.05) is 19.9 Å². The molecule has 10 heavy (non-hydrogen) atoms. The normalized spacial score (nSPS) is 16.2. The van der Waals surface area contributed by atoms with Gasteiger partial charge in [0.2, 0.25) is 0 Å². The summed E-state index contributed by atoms with van der Waals surface area (Å²) in [6.07, 6.45) is 1.94. The molecular weight excluding hydrogens is 151 g/mol. The first kappa shape index (κ1) is 9.89. The maximum atomic E-state index is 11.2. The van der Waals surface area contributed by atoms with Crippen molar-refractivity contribution in [2.24, 2.45) is 0 Å². The van der Waals surface area contributed by atoms with E-state index in [9.17, 15) is 4.57 Å². The second-order valence-electron chi connectivity index (χ2n) is 1.69. The maximum Gasteiger partial charge on any atom is 0.330 e. The second kappa shape index (κ2) is 4.67. The summed E-state index contributed by atoms with van der Waals surface area (Å²) in [6, 6.07) is 0. The molecule has 0 aromatic carbocycles. The van der Waals surface area contributed by atoms with E-state index in [4.69, 9.17) is 4.52 Å². The van der Waals surface area contributed by atoms with Crippen molar-refractivity contribution < 1.29 is 13.6 Å². The van der Waals surface area contributed by atoms with Crippen LogP contribution in [0.3, 0.4) is 0 Å². The zero-order valence-electron chi connectivity index (χ0n) is 6.37. The van der Waals surface area contributed by atoms with Crippen LogP contribution in [0.4, 0.5) is 0 Å². The second-order valence-corrected chi connectivity index (χ2v) is 4.17. The fourth-order valence-corrected chi connectivity index (χ4v) is 1.32. The van der Waals surface area contributed by atoms with Gasteiger partial charge in [-0.25, -0.2) is 0 Å². The molecule has 0 heterocycles. The molecule has 3 nitrogen and oxygen atoms in total. The molecule has 0 aliphatic carbocycles. The number of rotatable bonds is 5. The van der Waals surface area contributed by atoms with Gasteiger partial charge in [0.05, 0.1) is 6.61 Å². The van der Waals surface area contributed by atoms with Crippen LogP contribution in [-0.2, 0) is 13.6 Å². The van der Waals surface area contributed by atoms with Crippen molar-refractivity contribution in [3.63, 3.8) is 0 Å². The zero-order valence-corrected chi connectivity index (χ0v) is 7.27. The fourth-order valence-electron chi connectivity index (χ4n) is 0.439. The van der Waals surface area contributed by atoms with Gasteiger partial charge in [0.25, 0.3) is 0 Å². The van der Waals surface area contributed by atoms with E-state index in [1.807, 2.05) is 0 Å². The molecule has 4 heteroatoms. The average molecular weight is 164 g/mol. The Balaban J connectivity index is 3.81. The van der Waals surface area contributed by atoms with E-state index in [-0.39, 0.29) is 6.61 Å². The van der Waals surface area contributed by atoms with Crippen LogP contribution in [0.25, 0.3) is 0 Å². The molecular formula is C6H13O3P. The Morgan fingerprint density at radius 3 is 2.60 bits per heavy atom. The molecule has 0 saturated heterocycles. The maximum absolute atomic E-state index is 11.2. The molecule has 0 N–H and O–H groups in total. The van der Waals surface area contributed by atoms with Gasteiger partial charge in [0, 0.05) is 13.3 Å². The Bertz CT molecular complexity index is 136. The van der Waals surface area contributed by atoms with E-state index < -0.39 is 7.60 Å². The highest BCUT2D eigenvalue weighted by Gasteiger charge is 2.17. The first-order valence-corrected chi connectivity index (χ1v) is 4.81. The van der Waals surface area contributed by atoms with Crippen molar-refractivity contribution in [1.82, 2.24) is 0 Å². The minimum Gasteiger partial charge on any atom is -0.312 e. The highest BCUT2D eigenvalue weighted by atomic mass is 31.2. The summed E-state index contributed by atoms with van der Waals surface area (Å²) in [7, 11) is -1.39. The molecule has 0 aromatic heterocycles. The Hall–Kier alpha value is -0.110. The lowest BCUT2D eigenvalue weighted by Crippen LogP contribution is -1.94. The highest BCUT2D eigenvalue weighted by Crippen LogP contribution is 2.46. The largest absolute Gasteiger partial charge is 0.330 e. The van der Waals surface area contributed by atoms with Gasteiger partial charge in [-0.2, -0.15) is 0 Å². The van der Waals surface area contributed by atoms with Gasteiger partial charge in [-0.05, 0) is 0 Å². The van der Waals surface area contributed by atoms with E-state index in [2.05, 4.69) is 11.1 Å². The lowest BCUT2D eigenvalue weighted by molar-refractivity contribution is 0.256. The summed E-state index contributed by atoms with van der Waals surface area (Å²) in [4.78, 5) is 0. The van der Waals surface area contributed by atoms with Crippen LogP contribution in [0.5, 0.6) is 0 Å².